The van der Waals surface area contributed by atoms with E-state index in [0.29, 0.717) is 11.4 Å². The lowest BCUT2D eigenvalue weighted by Crippen LogP contribution is -2.42. The number of halogens is 2. The van der Waals surface area contributed by atoms with Gasteiger partial charge in [0, 0.05) is 5.02 Å². The zero-order chi connectivity index (χ0) is 15.3. The van der Waals surface area contributed by atoms with Crippen molar-refractivity contribution in [2.24, 2.45) is 5.92 Å². The Kier molecular flexibility index (Phi) is 6.30. The van der Waals surface area contributed by atoms with Gasteiger partial charge in [-0.15, -0.1) is 0 Å². The molecular weight excluding hydrogens is 301 g/mol. The van der Waals surface area contributed by atoms with Crippen molar-refractivity contribution >= 4 is 35.1 Å². The molecule has 0 aliphatic carbocycles. The first-order chi connectivity index (χ1) is 9.35. The molecule has 1 amide bonds. The molecule has 0 saturated heterocycles. The topological polar surface area (TPSA) is 55.4 Å². The van der Waals surface area contributed by atoms with Gasteiger partial charge in [0.05, 0.1) is 17.7 Å². The van der Waals surface area contributed by atoms with Gasteiger partial charge in [0.2, 0.25) is 0 Å². The Labute approximate surface area is 128 Å². The van der Waals surface area contributed by atoms with Crippen molar-refractivity contribution in [3.63, 3.8) is 0 Å². The summed E-state index contributed by atoms with van der Waals surface area (Å²) in [5, 5.41) is 3.31. The van der Waals surface area contributed by atoms with E-state index in [1.54, 1.807) is 6.07 Å². The summed E-state index contributed by atoms with van der Waals surface area (Å²) in [4.78, 5) is 23.8. The number of ether oxygens (including phenoxy) is 1. The summed E-state index contributed by atoms with van der Waals surface area (Å²) in [6, 6.07) is 3.88. The highest BCUT2D eigenvalue weighted by Gasteiger charge is 2.24. The van der Waals surface area contributed by atoms with Crippen LogP contribution in [0.15, 0.2) is 18.2 Å². The molecule has 1 rings (SSSR count). The van der Waals surface area contributed by atoms with Crippen molar-refractivity contribution in [2.75, 3.05) is 7.11 Å². The standard InChI is InChI=1S/C14H17Cl2NO3/c1-8(2)6-12(14(19)20-3)17-13(18)10-7-9(15)4-5-11(10)16/h4-5,7-8,12H,6H2,1-3H3,(H,17,18)/t12-/m1/s1. The lowest BCUT2D eigenvalue weighted by Gasteiger charge is -2.18. The Hall–Kier alpha value is -1.26. The number of rotatable bonds is 5. The average molecular weight is 318 g/mol. The fraction of sp³-hybridized carbons (Fsp3) is 0.429. The maximum atomic E-state index is 12.2. The highest BCUT2D eigenvalue weighted by atomic mass is 35.5. The quantitative estimate of drug-likeness (QED) is 0.848. The predicted octanol–water partition coefficient (Wildman–Crippen LogP) is 3.31. The van der Waals surface area contributed by atoms with E-state index in [1.807, 2.05) is 13.8 Å². The SMILES string of the molecule is COC(=O)[C@@H](CC(C)C)NC(=O)c1cc(Cl)ccc1Cl. The smallest absolute Gasteiger partial charge is 0.328 e. The Morgan fingerprint density at radius 1 is 1.30 bits per heavy atom. The summed E-state index contributed by atoms with van der Waals surface area (Å²) in [7, 11) is 1.29. The van der Waals surface area contributed by atoms with Crippen molar-refractivity contribution in [1.82, 2.24) is 5.32 Å². The number of carbonyl (C=O) groups is 2. The summed E-state index contributed by atoms with van der Waals surface area (Å²) in [6.07, 6.45) is 0.483. The van der Waals surface area contributed by atoms with E-state index in [4.69, 9.17) is 27.9 Å². The molecule has 1 atom stereocenters. The molecule has 110 valence electrons. The molecule has 1 N–H and O–H groups in total. The molecule has 0 aliphatic rings. The minimum absolute atomic E-state index is 0.231. The van der Waals surface area contributed by atoms with Crippen molar-refractivity contribution in [3.8, 4) is 0 Å². The molecule has 1 aromatic carbocycles. The van der Waals surface area contributed by atoms with E-state index < -0.39 is 17.9 Å². The van der Waals surface area contributed by atoms with Crippen molar-refractivity contribution in [1.29, 1.82) is 0 Å². The predicted molar refractivity (Wildman–Crippen MR) is 79.2 cm³/mol. The number of amides is 1. The average Bonchev–Trinajstić information content (AvgIpc) is 2.39. The molecule has 1 aromatic rings. The van der Waals surface area contributed by atoms with E-state index in [-0.39, 0.29) is 16.5 Å². The maximum absolute atomic E-state index is 12.2. The second kappa shape index (κ2) is 7.50. The van der Waals surface area contributed by atoms with Gasteiger partial charge >= 0.3 is 5.97 Å². The Bertz CT molecular complexity index is 503. The molecule has 0 spiro atoms. The Balaban J connectivity index is 2.90. The van der Waals surface area contributed by atoms with Crippen LogP contribution >= 0.6 is 23.2 Å². The first kappa shape index (κ1) is 16.8. The van der Waals surface area contributed by atoms with Crippen LogP contribution in [0.1, 0.15) is 30.6 Å². The number of carbonyl (C=O) groups excluding carboxylic acids is 2. The molecule has 0 radical (unpaired) electrons. The van der Waals surface area contributed by atoms with Gasteiger partial charge in [0.1, 0.15) is 6.04 Å². The van der Waals surface area contributed by atoms with Crippen LogP contribution in [-0.2, 0) is 9.53 Å². The van der Waals surface area contributed by atoms with E-state index in [9.17, 15) is 9.59 Å². The summed E-state index contributed by atoms with van der Waals surface area (Å²) >= 11 is 11.8. The molecule has 0 aromatic heterocycles. The molecule has 0 bridgehead atoms. The molecule has 0 saturated carbocycles. The third-order valence-corrected chi connectivity index (χ3v) is 3.24. The highest BCUT2D eigenvalue weighted by molar-refractivity contribution is 6.35. The summed E-state index contributed by atoms with van der Waals surface area (Å²) in [5.74, 6) is -0.701. The largest absolute Gasteiger partial charge is 0.467 e. The van der Waals surface area contributed by atoms with Gasteiger partial charge in [-0.3, -0.25) is 4.79 Å². The normalized spacial score (nSPS) is 12.1. The fourth-order valence-electron chi connectivity index (χ4n) is 1.74. The first-order valence-electron chi connectivity index (χ1n) is 6.19. The van der Waals surface area contributed by atoms with E-state index in [1.165, 1.54) is 19.2 Å². The number of benzene rings is 1. The number of nitrogens with one attached hydrogen (secondary N) is 1. The van der Waals surface area contributed by atoms with Crippen LogP contribution in [0.2, 0.25) is 10.0 Å². The number of hydrogen-bond acceptors (Lipinski definition) is 3. The van der Waals surface area contributed by atoms with Crippen molar-refractivity contribution < 1.29 is 14.3 Å². The Morgan fingerprint density at radius 3 is 2.50 bits per heavy atom. The van der Waals surface area contributed by atoms with E-state index in [2.05, 4.69) is 5.32 Å². The second-order valence-corrected chi connectivity index (χ2v) is 5.65. The molecule has 0 aliphatic heterocycles. The van der Waals surface area contributed by atoms with Crippen LogP contribution in [0.5, 0.6) is 0 Å². The van der Waals surface area contributed by atoms with Crippen molar-refractivity contribution in [3.05, 3.63) is 33.8 Å². The molecule has 20 heavy (non-hydrogen) atoms. The third kappa shape index (κ3) is 4.69. The van der Waals surface area contributed by atoms with Gasteiger partial charge < -0.3 is 10.1 Å². The van der Waals surface area contributed by atoms with Crippen LogP contribution in [-0.4, -0.2) is 25.0 Å². The monoisotopic (exact) mass is 317 g/mol. The minimum atomic E-state index is -0.706. The van der Waals surface area contributed by atoms with Gasteiger partial charge in [0.15, 0.2) is 0 Å². The fourth-order valence-corrected chi connectivity index (χ4v) is 2.11. The molecule has 0 fully saturated rings. The first-order valence-corrected chi connectivity index (χ1v) is 6.94. The number of esters is 1. The number of methoxy groups -OCH3 is 1. The summed E-state index contributed by atoms with van der Waals surface area (Å²) in [5.41, 5.74) is 0.233. The lowest BCUT2D eigenvalue weighted by atomic mass is 10.0. The zero-order valence-corrected chi connectivity index (χ0v) is 13.1. The van der Waals surface area contributed by atoms with E-state index >= 15 is 0 Å². The lowest BCUT2D eigenvalue weighted by molar-refractivity contribution is -0.143. The van der Waals surface area contributed by atoms with Crippen LogP contribution in [0.4, 0.5) is 0 Å². The van der Waals surface area contributed by atoms with Crippen molar-refractivity contribution in [2.45, 2.75) is 26.3 Å². The third-order valence-electron chi connectivity index (χ3n) is 2.67. The summed E-state index contributed by atoms with van der Waals surface area (Å²) < 4.78 is 4.69. The van der Waals surface area contributed by atoms with Crippen LogP contribution in [0, 0.1) is 5.92 Å². The van der Waals surface area contributed by atoms with Crippen LogP contribution in [0.25, 0.3) is 0 Å². The van der Waals surface area contributed by atoms with Gasteiger partial charge in [-0.1, -0.05) is 37.0 Å². The summed E-state index contributed by atoms with van der Waals surface area (Å²) in [6.45, 7) is 3.91. The maximum Gasteiger partial charge on any atom is 0.328 e. The van der Waals surface area contributed by atoms with Gasteiger partial charge in [0.25, 0.3) is 5.91 Å². The van der Waals surface area contributed by atoms with Crippen LogP contribution < -0.4 is 5.32 Å². The second-order valence-electron chi connectivity index (χ2n) is 4.80. The molecule has 0 heterocycles. The van der Waals surface area contributed by atoms with Gasteiger partial charge in [-0.2, -0.15) is 0 Å². The van der Waals surface area contributed by atoms with E-state index in [0.717, 1.165) is 0 Å². The number of hydrogen-bond donors (Lipinski definition) is 1. The van der Waals surface area contributed by atoms with Crippen LogP contribution in [0.3, 0.4) is 0 Å². The molecule has 6 heteroatoms. The molecular formula is C14H17Cl2NO3. The molecule has 0 unspecified atom stereocenters. The zero-order valence-electron chi connectivity index (χ0n) is 11.6. The van der Waals surface area contributed by atoms with Gasteiger partial charge in [-0.25, -0.2) is 4.79 Å². The van der Waals surface area contributed by atoms with Gasteiger partial charge in [-0.05, 0) is 30.5 Å². The highest BCUT2D eigenvalue weighted by Crippen LogP contribution is 2.21. The Morgan fingerprint density at radius 2 is 1.95 bits per heavy atom. The minimum Gasteiger partial charge on any atom is -0.467 e. The molecule has 4 nitrogen and oxygen atoms in total.